The van der Waals surface area contributed by atoms with Gasteiger partial charge in [-0.25, -0.2) is 9.97 Å². The number of hydrogen-bond acceptors (Lipinski definition) is 3. The fraction of sp³-hybridized carbons (Fsp3) is 0.692. The van der Waals surface area contributed by atoms with Gasteiger partial charge in [-0.05, 0) is 37.3 Å². The zero-order valence-corrected chi connectivity index (χ0v) is 10.1. The maximum atomic E-state index is 4.81. The normalized spacial score (nSPS) is 19.9. The van der Waals surface area contributed by atoms with Crippen molar-refractivity contribution >= 4 is 0 Å². The third-order valence-electron chi connectivity index (χ3n) is 3.48. The van der Waals surface area contributed by atoms with Crippen LogP contribution in [0.3, 0.4) is 0 Å². The van der Waals surface area contributed by atoms with E-state index in [1.54, 1.807) is 0 Å². The highest BCUT2D eigenvalue weighted by atomic mass is 15.0. The predicted octanol–water partition coefficient (Wildman–Crippen LogP) is 2.12. The van der Waals surface area contributed by atoms with Crippen molar-refractivity contribution in [3.8, 4) is 0 Å². The van der Waals surface area contributed by atoms with Gasteiger partial charge in [0.2, 0.25) is 0 Å². The summed E-state index contributed by atoms with van der Waals surface area (Å²) in [6.07, 6.45) is 3.65. The molecule has 2 heterocycles. The second-order valence-corrected chi connectivity index (χ2v) is 5.25. The first-order valence-electron chi connectivity index (χ1n) is 6.36. The van der Waals surface area contributed by atoms with E-state index < -0.39 is 0 Å². The van der Waals surface area contributed by atoms with E-state index in [1.807, 2.05) is 0 Å². The molecule has 3 nitrogen and oxygen atoms in total. The van der Waals surface area contributed by atoms with Crippen LogP contribution in [0, 0.1) is 0 Å². The molecule has 1 fully saturated rings. The summed E-state index contributed by atoms with van der Waals surface area (Å²) in [5.41, 5.74) is 3.97. The van der Waals surface area contributed by atoms with E-state index in [0.29, 0.717) is 11.8 Å². The zero-order valence-electron chi connectivity index (χ0n) is 10.1. The van der Waals surface area contributed by atoms with E-state index in [4.69, 9.17) is 9.97 Å². The summed E-state index contributed by atoms with van der Waals surface area (Å²) in [7, 11) is 0. The Bertz CT molecular complexity index is 408. The molecule has 1 saturated carbocycles. The molecule has 3 rings (SSSR count). The summed E-state index contributed by atoms with van der Waals surface area (Å²) in [6.45, 7) is 6.47. The van der Waals surface area contributed by atoms with Crippen LogP contribution in [0.25, 0.3) is 0 Å². The van der Waals surface area contributed by atoms with E-state index in [0.717, 1.165) is 25.3 Å². The summed E-state index contributed by atoms with van der Waals surface area (Å²) < 4.78 is 0. The van der Waals surface area contributed by atoms with Crippen molar-refractivity contribution in [3.05, 3.63) is 22.8 Å². The van der Waals surface area contributed by atoms with E-state index in [2.05, 4.69) is 19.2 Å². The van der Waals surface area contributed by atoms with Gasteiger partial charge in [0.1, 0.15) is 5.82 Å². The lowest BCUT2D eigenvalue weighted by atomic mass is 9.97. The largest absolute Gasteiger partial charge is 0.311 e. The highest BCUT2D eigenvalue weighted by Crippen LogP contribution is 2.39. The van der Waals surface area contributed by atoms with Crippen molar-refractivity contribution in [2.24, 2.45) is 0 Å². The lowest BCUT2D eigenvalue weighted by Crippen LogP contribution is -2.27. The van der Waals surface area contributed by atoms with Crippen LogP contribution in [0.2, 0.25) is 0 Å². The topological polar surface area (TPSA) is 37.8 Å². The molecule has 0 saturated heterocycles. The van der Waals surface area contributed by atoms with Crippen LogP contribution in [0.4, 0.5) is 0 Å². The molecule has 1 aliphatic carbocycles. The van der Waals surface area contributed by atoms with Crippen LogP contribution in [0.5, 0.6) is 0 Å². The van der Waals surface area contributed by atoms with Gasteiger partial charge in [0, 0.05) is 12.5 Å². The first-order chi connectivity index (χ1) is 7.75. The van der Waals surface area contributed by atoms with Crippen LogP contribution in [0.1, 0.15) is 61.3 Å². The summed E-state index contributed by atoms with van der Waals surface area (Å²) >= 11 is 0. The molecule has 86 valence electrons. The molecule has 2 aliphatic rings. The number of hydrogen-bond donors (Lipinski definition) is 1. The lowest BCUT2D eigenvalue weighted by molar-refractivity contribution is 0.599. The van der Waals surface area contributed by atoms with Gasteiger partial charge >= 0.3 is 0 Å². The van der Waals surface area contributed by atoms with E-state index in [-0.39, 0.29) is 0 Å². The quantitative estimate of drug-likeness (QED) is 0.824. The van der Waals surface area contributed by atoms with Crippen molar-refractivity contribution < 1.29 is 0 Å². The van der Waals surface area contributed by atoms with Crippen molar-refractivity contribution in [1.82, 2.24) is 15.3 Å². The van der Waals surface area contributed by atoms with E-state index in [9.17, 15) is 0 Å². The molecule has 0 amide bonds. The maximum absolute atomic E-state index is 4.81. The molecule has 1 N–H and O–H groups in total. The molecule has 0 unspecified atom stereocenters. The van der Waals surface area contributed by atoms with Crippen molar-refractivity contribution in [2.75, 3.05) is 6.54 Å². The summed E-state index contributed by atoms with van der Waals surface area (Å²) in [6, 6.07) is 0. The Hall–Kier alpha value is -0.960. The monoisotopic (exact) mass is 217 g/mol. The van der Waals surface area contributed by atoms with Crippen LogP contribution in [-0.4, -0.2) is 16.5 Å². The smallest absolute Gasteiger partial charge is 0.132 e. The minimum Gasteiger partial charge on any atom is -0.311 e. The Morgan fingerprint density at radius 1 is 1.25 bits per heavy atom. The Kier molecular flexibility index (Phi) is 2.43. The first kappa shape index (κ1) is 10.2. The van der Waals surface area contributed by atoms with Gasteiger partial charge in [-0.2, -0.15) is 0 Å². The van der Waals surface area contributed by atoms with Crippen LogP contribution in [-0.2, 0) is 13.0 Å². The summed E-state index contributed by atoms with van der Waals surface area (Å²) in [4.78, 5) is 9.55. The molecule has 0 aromatic carbocycles. The second-order valence-electron chi connectivity index (χ2n) is 5.25. The van der Waals surface area contributed by atoms with E-state index >= 15 is 0 Å². The zero-order chi connectivity index (χ0) is 11.1. The Labute approximate surface area is 96.7 Å². The molecule has 16 heavy (non-hydrogen) atoms. The maximum Gasteiger partial charge on any atom is 0.132 e. The third-order valence-corrected chi connectivity index (χ3v) is 3.48. The van der Waals surface area contributed by atoms with Gasteiger partial charge in [-0.3, -0.25) is 0 Å². The fourth-order valence-corrected chi connectivity index (χ4v) is 2.41. The minimum atomic E-state index is 0.521. The van der Waals surface area contributed by atoms with Crippen molar-refractivity contribution in [3.63, 3.8) is 0 Å². The number of rotatable bonds is 2. The molecular weight excluding hydrogens is 198 g/mol. The molecule has 0 bridgehead atoms. The Balaban J connectivity index is 2.08. The lowest BCUT2D eigenvalue weighted by Gasteiger charge is -2.21. The number of aromatic nitrogens is 2. The summed E-state index contributed by atoms with van der Waals surface area (Å²) in [5, 5.41) is 3.40. The Morgan fingerprint density at radius 2 is 2.06 bits per heavy atom. The molecular formula is C13H19N3. The molecule has 1 aliphatic heterocycles. The predicted molar refractivity (Wildman–Crippen MR) is 63.5 cm³/mol. The second kappa shape index (κ2) is 3.81. The SMILES string of the molecule is CC(C)c1nc(C2CC2)nc2c1CCNC2. The number of fused-ring (bicyclic) bond motifs is 1. The van der Waals surface area contributed by atoms with Crippen molar-refractivity contribution in [1.29, 1.82) is 0 Å². The highest BCUT2D eigenvalue weighted by Gasteiger charge is 2.29. The number of nitrogens with zero attached hydrogens (tertiary/aromatic N) is 2. The van der Waals surface area contributed by atoms with Crippen LogP contribution < -0.4 is 5.32 Å². The van der Waals surface area contributed by atoms with Gasteiger partial charge in [-0.15, -0.1) is 0 Å². The van der Waals surface area contributed by atoms with Gasteiger partial charge < -0.3 is 5.32 Å². The minimum absolute atomic E-state index is 0.521. The van der Waals surface area contributed by atoms with Crippen LogP contribution >= 0.6 is 0 Å². The number of nitrogens with one attached hydrogen (secondary N) is 1. The van der Waals surface area contributed by atoms with Gasteiger partial charge in [0.05, 0.1) is 11.4 Å². The van der Waals surface area contributed by atoms with Gasteiger partial charge in [0.25, 0.3) is 0 Å². The standard InChI is InChI=1S/C13H19N3/c1-8(2)12-10-5-6-14-7-11(10)15-13(16-12)9-3-4-9/h8-9,14H,3-7H2,1-2H3. The van der Waals surface area contributed by atoms with Crippen molar-refractivity contribution in [2.45, 2.75) is 51.5 Å². The first-order valence-corrected chi connectivity index (χ1v) is 6.36. The van der Waals surface area contributed by atoms with Gasteiger partial charge in [-0.1, -0.05) is 13.8 Å². The van der Waals surface area contributed by atoms with Gasteiger partial charge in [0.15, 0.2) is 0 Å². The highest BCUT2D eigenvalue weighted by molar-refractivity contribution is 5.31. The van der Waals surface area contributed by atoms with Crippen LogP contribution in [0.15, 0.2) is 0 Å². The molecule has 1 aromatic heterocycles. The molecule has 0 atom stereocenters. The third kappa shape index (κ3) is 1.73. The summed E-state index contributed by atoms with van der Waals surface area (Å²) in [5.74, 6) is 2.28. The molecule has 0 spiro atoms. The average Bonchev–Trinajstić information content (AvgIpc) is 3.11. The molecule has 0 radical (unpaired) electrons. The molecule has 3 heteroatoms. The van der Waals surface area contributed by atoms with E-state index in [1.165, 1.54) is 29.8 Å². The Morgan fingerprint density at radius 3 is 2.75 bits per heavy atom. The average molecular weight is 217 g/mol. The molecule has 1 aromatic rings. The fourth-order valence-electron chi connectivity index (χ4n) is 2.41.